The van der Waals surface area contributed by atoms with Gasteiger partial charge in [0.15, 0.2) is 0 Å². The van der Waals surface area contributed by atoms with Gasteiger partial charge in [0.25, 0.3) is 0 Å². The average molecular weight is 162 g/mol. The lowest BCUT2D eigenvalue weighted by molar-refractivity contribution is 0.468. The van der Waals surface area contributed by atoms with Crippen molar-refractivity contribution in [2.45, 2.75) is 25.7 Å². The first-order chi connectivity index (χ1) is 5.95. The Kier molecular flexibility index (Phi) is 2.26. The number of hydrogen-bond donors (Lipinski definition) is 1. The van der Waals surface area contributed by atoms with Gasteiger partial charge in [-0.1, -0.05) is 12.2 Å². The number of nitrogens with zero attached hydrogens (tertiary/aromatic N) is 1. The van der Waals surface area contributed by atoms with E-state index in [1.165, 1.54) is 19.3 Å². The Balaban J connectivity index is 1.91. The fourth-order valence-electron chi connectivity index (χ4n) is 1.72. The summed E-state index contributed by atoms with van der Waals surface area (Å²) >= 11 is 0. The first-order valence-electron chi connectivity index (χ1n) is 4.58. The summed E-state index contributed by atoms with van der Waals surface area (Å²) in [5.41, 5.74) is 0. The van der Waals surface area contributed by atoms with Crippen LogP contribution in [0.3, 0.4) is 0 Å². The molecule has 0 aromatic carbocycles. The molecule has 0 spiro atoms. The van der Waals surface area contributed by atoms with Crippen molar-refractivity contribution in [3.05, 3.63) is 30.4 Å². The van der Waals surface area contributed by atoms with Crippen molar-refractivity contribution in [3.8, 4) is 0 Å². The predicted octanol–water partition coefficient (Wildman–Crippen LogP) is 2.31. The zero-order valence-electron chi connectivity index (χ0n) is 7.16. The SMILES string of the molecule is C1=CCC(Cc2ncc[nH]2)CC1. The van der Waals surface area contributed by atoms with Gasteiger partial charge >= 0.3 is 0 Å². The molecule has 0 saturated heterocycles. The minimum absolute atomic E-state index is 0.807. The van der Waals surface area contributed by atoms with Gasteiger partial charge in [-0.25, -0.2) is 4.98 Å². The maximum Gasteiger partial charge on any atom is 0.106 e. The normalized spacial score (nSPS) is 22.8. The molecule has 1 atom stereocenters. The van der Waals surface area contributed by atoms with Crippen molar-refractivity contribution in [2.24, 2.45) is 5.92 Å². The highest BCUT2D eigenvalue weighted by Gasteiger charge is 2.11. The summed E-state index contributed by atoms with van der Waals surface area (Å²) in [5.74, 6) is 1.94. The zero-order valence-corrected chi connectivity index (χ0v) is 7.16. The van der Waals surface area contributed by atoms with E-state index in [9.17, 15) is 0 Å². The number of nitrogens with one attached hydrogen (secondary N) is 1. The molecule has 0 radical (unpaired) electrons. The second-order valence-electron chi connectivity index (χ2n) is 3.39. The van der Waals surface area contributed by atoms with Gasteiger partial charge in [-0.15, -0.1) is 0 Å². The highest BCUT2D eigenvalue weighted by molar-refractivity contribution is 4.95. The fraction of sp³-hybridized carbons (Fsp3) is 0.500. The van der Waals surface area contributed by atoms with Crippen LogP contribution in [0.4, 0.5) is 0 Å². The summed E-state index contributed by atoms with van der Waals surface area (Å²) in [4.78, 5) is 7.38. The van der Waals surface area contributed by atoms with Crippen molar-refractivity contribution in [1.29, 1.82) is 0 Å². The number of rotatable bonds is 2. The Labute approximate surface area is 72.7 Å². The van der Waals surface area contributed by atoms with Gasteiger partial charge in [-0.3, -0.25) is 0 Å². The van der Waals surface area contributed by atoms with Gasteiger partial charge < -0.3 is 4.98 Å². The molecule has 0 bridgehead atoms. The Morgan fingerprint density at radius 3 is 3.17 bits per heavy atom. The summed E-state index contributed by atoms with van der Waals surface area (Å²) in [6.45, 7) is 0. The Bertz CT molecular complexity index is 249. The molecule has 1 N–H and O–H groups in total. The van der Waals surface area contributed by atoms with E-state index >= 15 is 0 Å². The third kappa shape index (κ3) is 1.76. The number of hydrogen-bond acceptors (Lipinski definition) is 1. The van der Waals surface area contributed by atoms with Crippen molar-refractivity contribution in [1.82, 2.24) is 9.97 Å². The van der Waals surface area contributed by atoms with Crippen LogP contribution in [0.15, 0.2) is 24.5 Å². The van der Waals surface area contributed by atoms with Crippen LogP contribution in [-0.2, 0) is 6.42 Å². The smallest absolute Gasteiger partial charge is 0.106 e. The van der Waals surface area contributed by atoms with Gasteiger partial charge in [-0.2, -0.15) is 0 Å². The standard InChI is InChI=1S/C10H14N2/c1-2-4-9(5-3-1)8-10-11-6-7-12-10/h1-2,6-7,9H,3-5,8H2,(H,11,12). The Morgan fingerprint density at radius 2 is 2.50 bits per heavy atom. The second-order valence-corrected chi connectivity index (χ2v) is 3.39. The van der Waals surface area contributed by atoms with E-state index in [-0.39, 0.29) is 0 Å². The average Bonchev–Trinajstić information content (AvgIpc) is 2.59. The van der Waals surface area contributed by atoms with Crippen LogP contribution in [-0.4, -0.2) is 9.97 Å². The molecule has 1 aromatic rings. The number of aromatic nitrogens is 2. The van der Waals surface area contributed by atoms with Gasteiger partial charge in [0.2, 0.25) is 0 Å². The largest absolute Gasteiger partial charge is 0.349 e. The van der Waals surface area contributed by atoms with Crippen LogP contribution >= 0.6 is 0 Å². The molecule has 0 fully saturated rings. The number of H-pyrrole nitrogens is 1. The van der Waals surface area contributed by atoms with Crippen LogP contribution in [0.2, 0.25) is 0 Å². The van der Waals surface area contributed by atoms with Gasteiger partial charge in [0, 0.05) is 18.8 Å². The van der Waals surface area contributed by atoms with E-state index in [0.717, 1.165) is 18.2 Å². The molecule has 0 amide bonds. The van der Waals surface area contributed by atoms with Gasteiger partial charge in [0.1, 0.15) is 5.82 Å². The Morgan fingerprint density at radius 1 is 1.50 bits per heavy atom. The fourth-order valence-corrected chi connectivity index (χ4v) is 1.72. The van der Waals surface area contributed by atoms with E-state index in [0.29, 0.717) is 0 Å². The lowest BCUT2D eigenvalue weighted by Gasteiger charge is -2.15. The number of allylic oxidation sites excluding steroid dienone is 2. The van der Waals surface area contributed by atoms with Crippen LogP contribution in [0.5, 0.6) is 0 Å². The molecule has 1 aliphatic carbocycles. The highest BCUT2D eigenvalue weighted by Crippen LogP contribution is 2.20. The summed E-state index contributed by atoms with van der Waals surface area (Å²) in [5, 5.41) is 0. The van der Waals surface area contributed by atoms with Gasteiger partial charge in [-0.05, 0) is 25.2 Å². The summed E-state index contributed by atoms with van der Waals surface area (Å²) in [6.07, 6.45) is 13.2. The third-order valence-corrected chi connectivity index (χ3v) is 2.41. The molecule has 1 heterocycles. The highest BCUT2D eigenvalue weighted by atomic mass is 14.9. The summed E-state index contributed by atoms with van der Waals surface area (Å²) in [6, 6.07) is 0. The maximum absolute atomic E-state index is 4.23. The van der Waals surface area contributed by atoms with Gasteiger partial charge in [0.05, 0.1) is 0 Å². The molecule has 0 aliphatic heterocycles. The van der Waals surface area contributed by atoms with Crippen LogP contribution in [0.1, 0.15) is 25.1 Å². The molecule has 1 unspecified atom stereocenters. The second kappa shape index (κ2) is 3.57. The molecule has 2 nitrogen and oxygen atoms in total. The summed E-state index contributed by atoms with van der Waals surface area (Å²) < 4.78 is 0. The quantitative estimate of drug-likeness (QED) is 0.664. The molecule has 12 heavy (non-hydrogen) atoms. The molecule has 64 valence electrons. The maximum atomic E-state index is 4.23. The molecule has 1 aliphatic rings. The van der Waals surface area contributed by atoms with Crippen molar-refractivity contribution in [2.75, 3.05) is 0 Å². The molecule has 2 rings (SSSR count). The van der Waals surface area contributed by atoms with E-state index in [2.05, 4.69) is 22.1 Å². The van der Waals surface area contributed by atoms with E-state index in [1.807, 2.05) is 12.4 Å². The van der Waals surface area contributed by atoms with E-state index in [4.69, 9.17) is 0 Å². The van der Waals surface area contributed by atoms with Crippen molar-refractivity contribution in [3.63, 3.8) is 0 Å². The molecule has 1 aromatic heterocycles. The minimum Gasteiger partial charge on any atom is -0.349 e. The minimum atomic E-state index is 0.807. The first kappa shape index (κ1) is 7.59. The summed E-state index contributed by atoms with van der Waals surface area (Å²) in [7, 11) is 0. The lowest BCUT2D eigenvalue weighted by atomic mass is 9.91. The van der Waals surface area contributed by atoms with E-state index in [1.54, 1.807) is 0 Å². The number of aromatic amines is 1. The predicted molar refractivity (Wildman–Crippen MR) is 48.8 cm³/mol. The lowest BCUT2D eigenvalue weighted by Crippen LogP contribution is -2.07. The Hall–Kier alpha value is -1.05. The molecular formula is C10H14N2. The van der Waals surface area contributed by atoms with Crippen molar-refractivity contribution < 1.29 is 0 Å². The van der Waals surface area contributed by atoms with Crippen molar-refractivity contribution >= 4 is 0 Å². The van der Waals surface area contributed by atoms with Crippen LogP contribution in [0.25, 0.3) is 0 Å². The van der Waals surface area contributed by atoms with Crippen LogP contribution in [0, 0.1) is 5.92 Å². The van der Waals surface area contributed by atoms with Crippen LogP contribution < -0.4 is 0 Å². The molecule has 0 saturated carbocycles. The zero-order chi connectivity index (χ0) is 8.23. The monoisotopic (exact) mass is 162 g/mol. The third-order valence-electron chi connectivity index (χ3n) is 2.41. The topological polar surface area (TPSA) is 28.7 Å². The first-order valence-corrected chi connectivity index (χ1v) is 4.58. The number of imidazole rings is 1. The molecular weight excluding hydrogens is 148 g/mol. The molecule has 2 heteroatoms. The van der Waals surface area contributed by atoms with E-state index < -0.39 is 0 Å².